The minimum Gasteiger partial charge on any atom is -0.481 e. The summed E-state index contributed by atoms with van der Waals surface area (Å²) in [5.74, 6) is -0.475. The summed E-state index contributed by atoms with van der Waals surface area (Å²) in [6, 6.07) is 0. The molecule has 0 rings (SSSR count). The molecule has 2 N–H and O–H groups in total. The van der Waals surface area contributed by atoms with Crippen LogP contribution in [0.4, 0.5) is 0 Å². The van der Waals surface area contributed by atoms with E-state index in [2.05, 4.69) is 0 Å². The van der Waals surface area contributed by atoms with Crippen LogP contribution in [0.2, 0.25) is 0 Å². The highest BCUT2D eigenvalue weighted by Gasteiger charge is 2.02. The second-order valence-electron chi connectivity index (χ2n) is 3.13. The first-order valence-electron chi connectivity index (χ1n) is 4.10. The predicted molar refractivity (Wildman–Crippen MR) is 46.9 cm³/mol. The van der Waals surface area contributed by atoms with Crippen LogP contribution in [-0.4, -0.2) is 22.3 Å². The average Bonchev–Trinajstić information content (AvgIpc) is 1.96. The predicted octanol–water partition coefficient (Wildman–Crippen LogP) is 1.42. The number of allylic oxidation sites excluding steroid dienone is 1. The molecule has 0 heterocycles. The van der Waals surface area contributed by atoms with Gasteiger partial charge in [0.1, 0.15) is 0 Å². The molecule has 0 bridgehead atoms. The molecule has 0 aromatic rings. The van der Waals surface area contributed by atoms with Gasteiger partial charge in [0.2, 0.25) is 0 Å². The van der Waals surface area contributed by atoms with Crippen molar-refractivity contribution in [3.63, 3.8) is 0 Å². The van der Waals surface area contributed by atoms with Crippen LogP contribution in [0.1, 0.15) is 26.7 Å². The summed E-state index contributed by atoms with van der Waals surface area (Å²) in [5, 5.41) is 17.5. The van der Waals surface area contributed by atoms with E-state index in [1.165, 1.54) is 0 Å². The van der Waals surface area contributed by atoms with Gasteiger partial charge >= 0.3 is 5.97 Å². The molecule has 70 valence electrons. The smallest absolute Gasteiger partial charge is 0.303 e. The average molecular weight is 172 g/mol. The van der Waals surface area contributed by atoms with E-state index in [1.54, 1.807) is 6.08 Å². The number of hydrogen-bond acceptors (Lipinski definition) is 2. The summed E-state index contributed by atoms with van der Waals surface area (Å²) in [7, 11) is 0. The largest absolute Gasteiger partial charge is 0.481 e. The molecule has 3 heteroatoms. The fraction of sp³-hybridized carbons (Fsp3) is 0.667. The fourth-order valence-corrected chi connectivity index (χ4v) is 0.718. The Morgan fingerprint density at radius 2 is 2.00 bits per heavy atom. The van der Waals surface area contributed by atoms with Crippen molar-refractivity contribution in [3.05, 3.63) is 12.2 Å². The highest BCUT2D eigenvalue weighted by molar-refractivity contribution is 5.66. The Kier molecular flexibility index (Phi) is 5.37. The summed E-state index contributed by atoms with van der Waals surface area (Å²) >= 11 is 0. The lowest BCUT2D eigenvalue weighted by molar-refractivity contribution is -0.137. The molecule has 0 aromatic carbocycles. The van der Waals surface area contributed by atoms with Gasteiger partial charge in [-0.1, -0.05) is 26.0 Å². The summed E-state index contributed by atoms with van der Waals surface area (Å²) < 4.78 is 0. The first kappa shape index (κ1) is 11.2. The Bertz CT molecular complexity index is 161. The first-order chi connectivity index (χ1) is 5.52. The van der Waals surface area contributed by atoms with E-state index in [-0.39, 0.29) is 6.42 Å². The molecule has 1 unspecified atom stereocenters. The van der Waals surface area contributed by atoms with Gasteiger partial charge in [-0.05, 0) is 12.3 Å². The molecule has 0 aromatic heterocycles. The van der Waals surface area contributed by atoms with Crippen molar-refractivity contribution in [3.8, 4) is 0 Å². The van der Waals surface area contributed by atoms with Crippen LogP contribution in [-0.2, 0) is 4.79 Å². The van der Waals surface area contributed by atoms with Gasteiger partial charge in [-0.15, -0.1) is 0 Å². The number of rotatable bonds is 5. The minimum atomic E-state index is -0.869. The standard InChI is InChI=1S/C9H16O3/c1-7(2)3-4-8(10)5-6-9(11)12/h3-4,7-8,10H,5-6H2,1-2H3,(H,11,12). The van der Waals surface area contributed by atoms with Gasteiger partial charge in [0, 0.05) is 6.42 Å². The Morgan fingerprint density at radius 1 is 1.42 bits per heavy atom. The zero-order valence-corrected chi connectivity index (χ0v) is 7.53. The lowest BCUT2D eigenvalue weighted by atomic mass is 10.1. The lowest BCUT2D eigenvalue weighted by Gasteiger charge is -2.02. The number of aliphatic hydroxyl groups is 1. The third kappa shape index (κ3) is 7.28. The Balaban J connectivity index is 3.59. The van der Waals surface area contributed by atoms with E-state index >= 15 is 0 Å². The third-order valence-corrected chi connectivity index (χ3v) is 1.37. The number of aliphatic hydroxyl groups excluding tert-OH is 1. The zero-order valence-electron chi connectivity index (χ0n) is 7.53. The SMILES string of the molecule is CC(C)C=CC(O)CCC(=O)O. The van der Waals surface area contributed by atoms with Gasteiger partial charge in [-0.3, -0.25) is 4.79 Å². The van der Waals surface area contributed by atoms with E-state index in [0.717, 1.165) is 0 Å². The van der Waals surface area contributed by atoms with Gasteiger partial charge in [0.15, 0.2) is 0 Å². The third-order valence-electron chi connectivity index (χ3n) is 1.37. The molecule has 0 spiro atoms. The fourth-order valence-electron chi connectivity index (χ4n) is 0.718. The molecule has 0 aliphatic heterocycles. The summed E-state index contributed by atoms with van der Waals surface area (Å²) in [6.07, 6.45) is 3.20. The van der Waals surface area contributed by atoms with Crippen LogP contribution < -0.4 is 0 Å². The Morgan fingerprint density at radius 3 is 2.42 bits per heavy atom. The van der Waals surface area contributed by atoms with Gasteiger partial charge in [0.25, 0.3) is 0 Å². The van der Waals surface area contributed by atoms with Crippen LogP contribution in [0.3, 0.4) is 0 Å². The van der Waals surface area contributed by atoms with E-state index in [9.17, 15) is 9.90 Å². The van der Waals surface area contributed by atoms with Crippen molar-refractivity contribution in [2.24, 2.45) is 5.92 Å². The molecule has 0 saturated carbocycles. The van der Waals surface area contributed by atoms with Crippen molar-refractivity contribution in [2.45, 2.75) is 32.8 Å². The maximum atomic E-state index is 10.1. The van der Waals surface area contributed by atoms with Crippen molar-refractivity contribution >= 4 is 5.97 Å². The highest BCUT2D eigenvalue weighted by Crippen LogP contribution is 2.01. The summed E-state index contributed by atoms with van der Waals surface area (Å²) in [6.45, 7) is 4.00. The minimum absolute atomic E-state index is 0.0175. The van der Waals surface area contributed by atoms with Gasteiger partial charge in [-0.2, -0.15) is 0 Å². The van der Waals surface area contributed by atoms with Crippen LogP contribution >= 0.6 is 0 Å². The van der Waals surface area contributed by atoms with E-state index < -0.39 is 12.1 Å². The van der Waals surface area contributed by atoms with E-state index in [0.29, 0.717) is 12.3 Å². The molecular formula is C9H16O3. The molecule has 0 fully saturated rings. The molecule has 12 heavy (non-hydrogen) atoms. The Labute approximate surface area is 72.7 Å². The van der Waals surface area contributed by atoms with Crippen LogP contribution in [0, 0.1) is 5.92 Å². The normalized spacial score (nSPS) is 14.0. The van der Waals surface area contributed by atoms with Crippen LogP contribution in [0.15, 0.2) is 12.2 Å². The number of carboxylic acids is 1. The number of carboxylic acid groups (broad SMARTS) is 1. The zero-order chi connectivity index (χ0) is 9.56. The van der Waals surface area contributed by atoms with Crippen LogP contribution in [0.5, 0.6) is 0 Å². The van der Waals surface area contributed by atoms with Crippen molar-refractivity contribution in [1.82, 2.24) is 0 Å². The number of carbonyl (C=O) groups is 1. The summed E-state index contributed by atoms with van der Waals surface area (Å²) in [5.41, 5.74) is 0. The lowest BCUT2D eigenvalue weighted by Crippen LogP contribution is -2.06. The maximum Gasteiger partial charge on any atom is 0.303 e. The second kappa shape index (κ2) is 5.77. The summed E-state index contributed by atoms with van der Waals surface area (Å²) in [4.78, 5) is 10.1. The molecule has 0 aliphatic carbocycles. The van der Waals surface area contributed by atoms with Crippen molar-refractivity contribution in [1.29, 1.82) is 0 Å². The van der Waals surface area contributed by atoms with Gasteiger partial charge in [0.05, 0.1) is 6.10 Å². The molecular weight excluding hydrogens is 156 g/mol. The topological polar surface area (TPSA) is 57.5 Å². The number of aliphatic carboxylic acids is 1. The molecule has 0 aliphatic rings. The number of hydrogen-bond donors (Lipinski definition) is 2. The molecule has 0 amide bonds. The first-order valence-corrected chi connectivity index (χ1v) is 4.10. The molecule has 0 saturated heterocycles. The molecule has 3 nitrogen and oxygen atoms in total. The van der Waals surface area contributed by atoms with Crippen molar-refractivity contribution < 1.29 is 15.0 Å². The van der Waals surface area contributed by atoms with Gasteiger partial charge in [-0.25, -0.2) is 0 Å². The van der Waals surface area contributed by atoms with Gasteiger partial charge < -0.3 is 10.2 Å². The highest BCUT2D eigenvalue weighted by atomic mass is 16.4. The molecule has 0 radical (unpaired) electrons. The maximum absolute atomic E-state index is 10.1. The Hall–Kier alpha value is -0.830. The second-order valence-corrected chi connectivity index (χ2v) is 3.13. The van der Waals surface area contributed by atoms with E-state index in [4.69, 9.17) is 5.11 Å². The van der Waals surface area contributed by atoms with Crippen molar-refractivity contribution in [2.75, 3.05) is 0 Å². The molecule has 1 atom stereocenters. The van der Waals surface area contributed by atoms with E-state index in [1.807, 2.05) is 19.9 Å². The van der Waals surface area contributed by atoms with Crippen LogP contribution in [0.25, 0.3) is 0 Å². The monoisotopic (exact) mass is 172 g/mol. The quantitative estimate of drug-likeness (QED) is 0.617.